The van der Waals surface area contributed by atoms with E-state index in [-0.39, 0.29) is 24.9 Å². The molecular formula is C15H22ClN5O2. The Balaban J connectivity index is 0.00000264. The number of aryl methyl sites for hydroxylation is 1. The van der Waals surface area contributed by atoms with Crippen molar-refractivity contribution < 1.29 is 9.53 Å². The second-order valence-electron chi connectivity index (χ2n) is 4.70. The van der Waals surface area contributed by atoms with E-state index in [0.29, 0.717) is 13.2 Å². The van der Waals surface area contributed by atoms with Gasteiger partial charge in [-0.05, 0) is 19.1 Å². The largest absolute Gasteiger partial charge is 0.383 e. The second-order valence-corrected chi connectivity index (χ2v) is 4.70. The van der Waals surface area contributed by atoms with E-state index < -0.39 is 0 Å². The minimum Gasteiger partial charge on any atom is -0.383 e. The molecule has 1 amide bonds. The zero-order valence-electron chi connectivity index (χ0n) is 13.3. The first-order chi connectivity index (χ1) is 10.8. The van der Waals surface area contributed by atoms with Crippen molar-refractivity contribution >= 4 is 24.0 Å². The molecular weight excluding hydrogens is 318 g/mol. The van der Waals surface area contributed by atoms with Crippen molar-refractivity contribution in [3.05, 3.63) is 30.6 Å². The van der Waals surface area contributed by atoms with Gasteiger partial charge in [-0.25, -0.2) is 0 Å². The average molecular weight is 340 g/mol. The Morgan fingerprint density at radius 3 is 2.87 bits per heavy atom. The minimum absolute atomic E-state index is 0. The summed E-state index contributed by atoms with van der Waals surface area (Å²) in [4.78, 5) is 12.0. The number of aromatic nitrogens is 3. The van der Waals surface area contributed by atoms with Gasteiger partial charge in [0.1, 0.15) is 6.33 Å². The van der Waals surface area contributed by atoms with Crippen LogP contribution >= 0.6 is 12.4 Å². The van der Waals surface area contributed by atoms with Crippen LogP contribution in [0.4, 0.5) is 5.69 Å². The fraction of sp³-hybridized carbons (Fsp3) is 0.400. The lowest BCUT2D eigenvalue weighted by atomic mass is 10.1. The second kappa shape index (κ2) is 9.94. The summed E-state index contributed by atoms with van der Waals surface area (Å²) in [5.41, 5.74) is 1.58. The lowest BCUT2D eigenvalue weighted by Gasteiger charge is -2.11. The number of ether oxygens (including phenoxy) is 1. The summed E-state index contributed by atoms with van der Waals surface area (Å²) in [6.45, 7) is 4.23. The highest BCUT2D eigenvalue weighted by atomic mass is 35.5. The Bertz CT molecular complexity index is 617. The van der Waals surface area contributed by atoms with Gasteiger partial charge in [0.05, 0.1) is 18.8 Å². The van der Waals surface area contributed by atoms with E-state index in [1.54, 1.807) is 13.4 Å². The number of anilines is 1. The van der Waals surface area contributed by atoms with Gasteiger partial charge >= 0.3 is 0 Å². The van der Waals surface area contributed by atoms with E-state index >= 15 is 0 Å². The highest BCUT2D eigenvalue weighted by molar-refractivity contribution is 5.95. The number of carbonyl (C=O) groups excluding carboxylic acids is 1. The van der Waals surface area contributed by atoms with Crippen LogP contribution in [0.5, 0.6) is 0 Å². The van der Waals surface area contributed by atoms with Crippen LogP contribution in [0.2, 0.25) is 0 Å². The van der Waals surface area contributed by atoms with Crippen molar-refractivity contribution in [2.24, 2.45) is 0 Å². The first-order valence-electron chi connectivity index (χ1n) is 7.23. The van der Waals surface area contributed by atoms with Crippen molar-refractivity contribution in [3.63, 3.8) is 0 Å². The van der Waals surface area contributed by atoms with E-state index in [4.69, 9.17) is 4.74 Å². The third-order valence-electron chi connectivity index (χ3n) is 3.17. The highest BCUT2D eigenvalue weighted by Crippen LogP contribution is 2.25. The van der Waals surface area contributed by atoms with Crippen LogP contribution in [0.25, 0.3) is 11.4 Å². The van der Waals surface area contributed by atoms with Crippen molar-refractivity contribution in [3.8, 4) is 11.4 Å². The fourth-order valence-corrected chi connectivity index (χ4v) is 2.05. The number of rotatable bonds is 8. The van der Waals surface area contributed by atoms with Crippen LogP contribution in [0.3, 0.4) is 0 Å². The van der Waals surface area contributed by atoms with E-state index in [0.717, 1.165) is 23.6 Å². The molecule has 8 heteroatoms. The SMILES string of the molecule is CCn1cnnc1-c1ccccc1NC(=O)CNCCOC.Cl. The monoisotopic (exact) mass is 339 g/mol. The molecule has 1 aromatic heterocycles. The fourth-order valence-electron chi connectivity index (χ4n) is 2.05. The maximum atomic E-state index is 12.0. The van der Waals surface area contributed by atoms with Crippen LogP contribution in [0.15, 0.2) is 30.6 Å². The molecule has 0 spiro atoms. The summed E-state index contributed by atoms with van der Waals surface area (Å²) < 4.78 is 6.86. The first-order valence-corrected chi connectivity index (χ1v) is 7.23. The summed E-state index contributed by atoms with van der Waals surface area (Å²) in [7, 11) is 1.63. The summed E-state index contributed by atoms with van der Waals surface area (Å²) >= 11 is 0. The number of amides is 1. The van der Waals surface area contributed by atoms with Crippen molar-refractivity contribution in [1.82, 2.24) is 20.1 Å². The number of methoxy groups -OCH3 is 1. The lowest BCUT2D eigenvalue weighted by molar-refractivity contribution is -0.115. The number of carbonyl (C=O) groups is 1. The van der Waals surface area contributed by atoms with E-state index in [1.165, 1.54) is 0 Å². The van der Waals surface area contributed by atoms with Gasteiger partial charge in [0.15, 0.2) is 5.82 Å². The van der Waals surface area contributed by atoms with Gasteiger partial charge in [-0.15, -0.1) is 22.6 Å². The number of hydrogen-bond acceptors (Lipinski definition) is 5. The van der Waals surface area contributed by atoms with Crippen LogP contribution < -0.4 is 10.6 Å². The van der Waals surface area contributed by atoms with Crippen LogP contribution in [-0.2, 0) is 16.1 Å². The maximum absolute atomic E-state index is 12.0. The average Bonchev–Trinajstić information content (AvgIpc) is 3.00. The third kappa shape index (κ3) is 5.31. The summed E-state index contributed by atoms with van der Waals surface area (Å²) in [5.74, 6) is 0.636. The summed E-state index contributed by atoms with van der Waals surface area (Å²) in [6.07, 6.45) is 1.68. The number of hydrogen-bond donors (Lipinski definition) is 2. The van der Waals surface area contributed by atoms with Crippen LogP contribution in [-0.4, -0.2) is 47.5 Å². The molecule has 0 radical (unpaired) electrons. The van der Waals surface area contributed by atoms with Crippen LogP contribution in [0, 0.1) is 0 Å². The van der Waals surface area contributed by atoms with E-state index in [9.17, 15) is 4.79 Å². The molecule has 0 aliphatic heterocycles. The third-order valence-corrected chi connectivity index (χ3v) is 3.17. The molecule has 1 heterocycles. The quantitative estimate of drug-likeness (QED) is 0.713. The Kier molecular flexibility index (Phi) is 8.25. The standard InChI is InChI=1S/C15H21N5O2.ClH/c1-3-20-11-17-19-15(20)12-6-4-5-7-13(12)18-14(21)10-16-8-9-22-2;/h4-7,11,16H,3,8-10H2,1-2H3,(H,18,21);1H. The van der Waals surface area contributed by atoms with Gasteiger partial charge < -0.3 is 19.9 Å². The molecule has 2 N–H and O–H groups in total. The minimum atomic E-state index is -0.105. The van der Waals surface area contributed by atoms with Gasteiger partial charge in [-0.2, -0.15) is 0 Å². The summed E-state index contributed by atoms with van der Waals surface area (Å²) in [6, 6.07) is 7.57. The molecule has 23 heavy (non-hydrogen) atoms. The molecule has 0 saturated carbocycles. The maximum Gasteiger partial charge on any atom is 0.238 e. The Labute approximate surface area is 141 Å². The smallest absolute Gasteiger partial charge is 0.238 e. The lowest BCUT2D eigenvalue weighted by Crippen LogP contribution is -2.30. The molecule has 0 unspecified atom stereocenters. The number of para-hydroxylation sites is 1. The normalized spacial score (nSPS) is 10.2. The van der Waals surface area contributed by atoms with Gasteiger partial charge in [0.25, 0.3) is 0 Å². The number of benzene rings is 1. The molecule has 126 valence electrons. The molecule has 7 nitrogen and oxygen atoms in total. The van der Waals surface area contributed by atoms with Gasteiger partial charge in [0, 0.05) is 25.8 Å². The van der Waals surface area contributed by atoms with Crippen molar-refractivity contribution in [1.29, 1.82) is 0 Å². The predicted octanol–water partition coefficient (Wildman–Crippen LogP) is 1.56. The molecule has 0 fully saturated rings. The molecule has 0 aliphatic rings. The molecule has 0 atom stereocenters. The van der Waals surface area contributed by atoms with E-state index in [1.807, 2.05) is 35.8 Å². The summed E-state index contributed by atoms with van der Waals surface area (Å²) in [5, 5.41) is 14.0. The highest BCUT2D eigenvalue weighted by Gasteiger charge is 2.12. The molecule has 0 bridgehead atoms. The molecule has 0 aliphatic carbocycles. The number of halogens is 1. The Morgan fingerprint density at radius 2 is 2.13 bits per heavy atom. The van der Waals surface area contributed by atoms with Gasteiger partial charge in [-0.3, -0.25) is 4.79 Å². The van der Waals surface area contributed by atoms with E-state index in [2.05, 4.69) is 20.8 Å². The zero-order chi connectivity index (χ0) is 15.8. The van der Waals surface area contributed by atoms with Crippen molar-refractivity contribution in [2.75, 3.05) is 32.1 Å². The van der Waals surface area contributed by atoms with Gasteiger partial charge in [0.2, 0.25) is 5.91 Å². The predicted molar refractivity (Wildman–Crippen MR) is 91.8 cm³/mol. The van der Waals surface area contributed by atoms with Gasteiger partial charge in [-0.1, -0.05) is 12.1 Å². The Hall–Kier alpha value is -1.96. The molecule has 2 rings (SSSR count). The van der Waals surface area contributed by atoms with Crippen molar-refractivity contribution in [2.45, 2.75) is 13.5 Å². The molecule has 0 saturated heterocycles. The number of nitrogens with one attached hydrogen (secondary N) is 2. The molecule has 1 aromatic carbocycles. The zero-order valence-corrected chi connectivity index (χ0v) is 14.1. The number of nitrogens with zero attached hydrogens (tertiary/aromatic N) is 3. The first kappa shape index (κ1) is 19.1. The Morgan fingerprint density at radius 1 is 1.35 bits per heavy atom. The topological polar surface area (TPSA) is 81.1 Å². The van der Waals surface area contributed by atoms with Crippen LogP contribution in [0.1, 0.15) is 6.92 Å². The molecule has 2 aromatic rings.